The number of carbonyl (C=O) groups is 2. The van der Waals surface area contributed by atoms with Crippen molar-refractivity contribution < 1.29 is 14.7 Å². The Labute approximate surface area is 166 Å². The highest BCUT2D eigenvalue weighted by molar-refractivity contribution is 5.80. The number of rotatable bonds is 6. The lowest BCUT2D eigenvalue weighted by Crippen LogP contribution is -2.35. The summed E-state index contributed by atoms with van der Waals surface area (Å²) in [5.74, 6) is -0.804. The van der Waals surface area contributed by atoms with E-state index in [1.807, 2.05) is 18.5 Å². The number of carbonyl (C=O) groups excluding carboxylic acids is 1. The summed E-state index contributed by atoms with van der Waals surface area (Å²) < 4.78 is 2.00. The van der Waals surface area contributed by atoms with Gasteiger partial charge >= 0.3 is 5.97 Å². The summed E-state index contributed by atoms with van der Waals surface area (Å²) in [4.78, 5) is 25.7. The molecule has 3 rings (SSSR count). The SMILES string of the molecule is Cc1ccc(Cn2nc(C)c(CCC(=O)N3CC[C@@](C)(C(=O)O)C3)c2C)cc1. The van der Waals surface area contributed by atoms with E-state index in [0.29, 0.717) is 38.9 Å². The zero-order valence-corrected chi connectivity index (χ0v) is 17.2. The number of amides is 1. The first kappa shape index (κ1) is 20.1. The smallest absolute Gasteiger partial charge is 0.311 e. The Morgan fingerprint density at radius 1 is 1.18 bits per heavy atom. The van der Waals surface area contributed by atoms with Gasteiger partial charge in [0.25, 0.3) is 0 Å². The first-order valence-corrected chi connectivity index (χ1v) is 9.79. The number of aryl methyl sites for hydroxylation is 2. The Balaban J connectivity index is 1.63. The molecule has 0 aliphatic carbocycles. The number of aliphatic carboxylic acids is 1. The van der Waals surface area contributed by atoms with E-state index in [1.165, 1.54) is 11.1 Å². The maximum absolute atomic E-state index is 12.6. The molecule has 2 aromatic rings. The van der Waals surface area contributed by atoms with Crippen LogP contribution in [-0.4, -0.2) is 44.8 Å². The van der Waals surface area contributed by atoms with Crippen LogP contribution in [0, 0.1) is 26.2 Å². The van der Waals surface area contributed by atoms with E-state index in [1.54, 1.807) is 11.8 Å². The Kier molecular flexibility index (Phi) is 5.59. The lowest BCUT2D eigenvalue weighted by atomic mass is 9.90. The van der Waals surface area contributed by atoms with Crippen LogP contribution in [0.15, 0.2) is 24.3 Å². The van der Waals surface area contributed by atoms with Crippen molar-refractivity contribution >= 4 is 11.9 Å². The minimum Gasteiger partial charge on any atom is -0.481 e. The van der Waals surface area contributed by atoms with Crippen molar-refractivity contribution in [1.82, 2.24) is 14.7 Å². The zero-order chi connectivity index (χ0) is 20.5. The van der Waals surface area contributed by atoms with Gasteiger partial charge in [0.05, 0.1) is 17.7 Å². The van der Waals surface area contributed by atoms with E-state index in [-0.39, 0.29) is 5.91 Å². The molecule has 6 heteroatoms. The van der Waals surface area contributed by atoms with Gasteiger partial charge in [-0.25, -0.2) is 0 Å². The highest BCUT2D eigenvalue weighted by Crippen LogP contribution is 2.30. The van der Waals surface area contributed by atoms with E-state index >= 15 is 0 Å². The van der Waals surface area contributed by atoms with Gasteiger partial charge < -0.3 is 10.0 Å². The molecule has 1 aromatic heterocycles. The van der Waals surface area contributed by atoms with E-state index < -0.39 is 11.4 Å². The van der Waals surface area contributed by atoms with Gasteiger partial charge in [-0.3, -0.25) is 14.3 Å². The van der Waals surface area contributed by atoms with Crippen molar-refractivity contribution in [3.63, 3.8) is 0 Å². The van der Waals surface area contributed by atoms with Crippen molar-refractivity contribution in [3.8, 4) is 0 Å². The Morgan fingerprint density at radius 2 is 1.86 bits per heavy atom. The fraction of sp³-hybridized carbons (Fsp3) is 0.500. The third-order valence-corrected chi connectivity index (χ3v) is 5.92. The second-order valence-electron chi connectivity index (χ2n) is 8.22. The molecule has 1 N–H and O–H groups in total. The highest BCUT2D eigenvalue weighted by Gasteiger charge is 2.41. The number of nitrogens with zero attached hydrogens (tertiary/aromatic N) is 3. The summed E-state index contributed by atoms with van der Waals surface area (Å²) in [7, 11) is 0. The fourth-order valence-corrected chi connectivity index (χ4v) is 3.85. The number of aromatic nitrogens is 2. The van der Waals surface area contributed by atoms with Crippen LogP contribution < -0.4 is 0 Å². The molecule has 1 amide bonds. The molecule has 1 aliphatic heterocycles. The lowest BCUT2D eigenvalue weighted by molar-refractivity contribution is -0.147. The van der Waals surface area contributed by atoms with Crippen molar-refractivity contribution in [2.24, 2.45) is 5.41 Å². The fourth-order valence-electron chi connectivity index (χ4n) is 3.85. The van der Waals surface area contributed by atoms with Gasteiger partial charge in [-0.2, -0.15) is 5.10 Å². The van der Waals surface area contributed by atoms with Crippen LogP contribution in [0.3, 0.4) is 0 Å². The van der Waals surface area contributed by atoms with E-state index in [9.17, 15) is 14.7 Å². The molecule has 0 bridgehead atoms. The van der Waals surface area contributed by atoms with Crippen LogP contribution >= 0.6 is 0 Å². The number of hydrogen-bond acceptors (Lipinski definition) is 3. The maximum Gasteiger partial charge on any atom is 0.311 e. The molecule has 2 heterocycles. The maximum atomic E-state index is 12.6. The zero-order valence-electron chi connectivity index (χ0n) is 17.2. The summed E-state index contributed by atoms with van der Waals surface area (Å²) in [6, 6.07) is 8.42. The molecule has 0 unspecified atom stereocenters. The van der Waals surface area contributed by atoms with Gasteiger partial charge in [-0.1, -0.05) is 29.8 Å². The second-order valence-corrected chi connectivity index (χ2v) is 8.22. The quantitative estimate of drug-likeness (QED) is 0.832. The minimum absolute atomic E-state index is 0.0232. The Morgan fingerprint density at radius 3 is 2.46 bits per heavy atom. The van der Waals surface area contributed by atoms with Gasteiger partial charge in [0.1, 0.15) is 0 Å². The number of carboxylic acid groups (broad SMARTS) is 1. The predicted octanol–water partition coefficient (Wildman–Crippen LogP) is 3.11. The van der Waals surface area contributed by atoms with Crippen molar-refractivity contribution in [3.05, 3.63) is 52.3 Å². The standard InChI is InChI=1S/C22H29N3O3/c1-15-5-7-18(8-6-15)13-25-17(3)19(16(2)23-25)9-10-20(26)24-12-11-22(4,14-24)21(27)28/h5-8H,9-14H2,1-4H3,(H,27,28)/t22-/m1/s1. The molecule has 0 radical (unpaired) electrons. The van der Waals surface area contributed by atoms with E-state index in [0.717, 1.165) is 17.0 Å². The van der Waals surface area contributed by atoms with Crippen molar-refractivity contribution in [2.75, 3.05) is 13.1 Å². The molecule has 1 fully saturated rings. The molecule has 0 saturated carbocycles. The summed E-state index contributed by atoms with van der Waals surface area (Å²) >= 11 is 0. The number of carboxylic acids is 1. The summed E-state index contributed by atoms with van der Waals surface area (Å²) in [5, 5.41) is 14.0. The molecular weight excluding hydrogens is 354 g/mol. The second kappa shape index (κ2) is 7.78. The third kappa shape index (κ3) is 4.11. The number of benzene rings is 1. The van der Waals surface area contributed by atoms with Crippen LogP contribution in [0.1, 0.15) is 47.8 Å². The van der Waals surface area contributed by atoms with Gasteiger partial charge in [0, 0.05) is 25.2 Å². The highest BCUT2D eigenvalue weighted by atomic mass is 16.4. The molecule has 1 aromatic carbocycles. The molecule has 1 aliphatic rings. The van der Waals surface area contributed by atoms with E-state index in [2.05, 4.69) is 36.3 Å². The van der Waals surface area contributed by atoms with Crippen LogP contribution in [0.2, 0.25) is 0 Å². The monoisotopic (exact) mass is 383 g/mol. The lowest BCUT2D eigenvalue weighted by Gasteiger charge is -2.20. The molecular formula is C22H29N3O3. The molecule has 28 heavy (non-hydrogen) atoms. The average molecular weight is 383 g/mol. The van der Waals surface area contributed by atoms with Crippen LogP contribution in [0.5, 0.6) is 0 Å². The third-order valence-electron chi connectivity index (χ3n) is 5.92. The minimum atomic E-state index is -0.827. The molecule has 0 spiro atoms. The summed E-state index contributed by atoms with van der Waals surface area (Å²) in [6.07, 6.45) is 1.53. The first-order valence-electron chi connectivity index (χ1n) is 9.79. The normalized spacial score (nSPS) is 19.2. The first-order chi connectivity index (χ1) is 13.2. The van der Waals surface area contributed by atoms with E-state index in [4.69, 9.17) is 0 Å². The van der Waals surface area contributed by atoms with Crippen LogP contribution in [0.25, 0.3) is 0 Å². The Bertz CT molecular complexity index is 885. The van der Waals surface area contributed by atoms with Crippen molar-refractivity contribution in [2.45, 2.75) is 53.5 Å². The molecule has 6 nitrogen and oxygen atoms in total. The van der Waals surface area contributed by atoms with Gasteiger partial charge in [-0.05, 0) is 51.7 Å². The van der Waals surface area contributed by atoms with Gasteiger partial charge in [0.2, 0.25) is 5.91 Å². The summed E-state index contributed by atoms with van der Waals surface area (Å²) in [5.41, 5.74) is 4.76. The molecule has 1 atom stereocenters. The predicted molar refractivity (Wildman–Crippen MR) is 107 cm³/mol. The average Bonchev–Trinajstić information content (AvgIpc) is 3.17. The molecule has 1 saturated heterocycles. The molecule has 150 valence electrons. The van der Waals surface area contributed by atoms with Gasteiger partial charge in [-0.15, -0.1) is 0 Å². The van der Waals surface area contributed by atoms with Gasteiger partial charge in [0.15, 0.2) is 0 Å². The summed E-state index contributed by atoms with van der Waals surface area (Å²) in [6.45, 7) is 9.34. The van der Waals surface area contributed by atoms with Crippen LogP contribution in [0.4, 0.5) is 0 Å². The van der Waals surface area contributed by atoms with Crippen molar-refractivity contribution in [1.29, 1.82) is 0 Å². The number of hydrogen-bond donors (Lipinski definition) is 1. The van der Waals surface area contributed by atoms with Crippen LogP contribution in [-0.2, 0) is 22.6 Å². The Hall–Kier alpha value is -2.63. The topological polar surface area (TPSA) is 75.4 Å². The largest absolute Gasteiger partial charge is 0.481 e. The number of likely N-dealkylation sites (tertiary alicyclic amines) is 1.